The molecule has 3 heteroatoms. The van der Waals surface area contributed by atoms with E-state index in [0.717, 1.165) is 29.4 Å². The van der Waals surface area contributed by atoms with E-state index in [1.165, 1.54) is 11.1 Å². The predicted octanol–water partition coefficient (Wildman–Crippen LogP) is 3.13. The molecular formula is C17H16N2O. The van der Waals surface area contributed by atoms with E-state index in [-0.39, 0.29) is 0 Å². The Kier molecular flexibility index (Phi) is 3.33. The third kappa shape index (κ3) is 2.23. The summed E-state index contributed by atoms with van der Waals surface area (Å²) in [6, 6.07) is 16.4. The Bertz CT molecular complexity index is 744. The summed E-state index contributed by atoms with van der Waals surface area (Å²) >= 11 is 0. The Morgan fingerprint density at radius 3 is 2.65 bits per heavy atom. The molecule has 20 heavy (non-hydrogen) atoms. The van der Waals surface area contributed by atoms with Crippen molar-refractivity contribution in [3.63, 3.8) is 0 Å². The molecule has 3 rings (SSSR count). The average molecular weight is 264 g/mol. The summed E-state index contributed by atoms with van der Waals surface area (Å²) in [5.74, 6) is 0. The molecule has 0 bridgehead atoms. The molecule has 0 spiro atoms. The second-order valence-electron chi connectivity index (χ2n) is 4.93. The first-order valence-electron chi connectivity index (χ1n) is 6.72. The van der Waals surface area contributed by atoms with Crippen molar-refractivity contribution in [3.05, 3.63) is 65.4 Å². The zero-order valence-corrected chi connectivity index (χ0v) is 11.4. The van der Waals surface area contributed by atoms with Crippen LogP contribution in [-0.4, -0.2) is 16.1 Å². The van der Waals surface area contributed by atoms with Crippen molar-refractivity contribution >= 4 is 17.2 Å². The van der Waals surface area contributed by atoms with Crippen LogP contribution in [0.5, 0.6) is 0 Å². The highest BCUT2D eigenvalue weighted by Gasteiger charge is 2.12. The monoisotopic (exact) mass is 264 g/mol. The Hall–Kier alpha value is -2.42. The minimum absolute atomic E-state index is 0.364. The van der Waals surface area contributed by atoms with Gasteiger partial charge in [0.1, 0.15) is 6.29 Å². The normalized spacial score (nSPS) is 10.8. The SMILES string of the molecule is Cc1cccc2c1c(CC=O)nn2Cc1ccccc1. The number of aryl methyl sites for hydroxylation is 1. The van der Waals surface area contributed by atoms with Gasteiger partial charge in [0, 0.05) is 11.8 Å². The van der Waals surface area contributed by atoms with Crippen LogP contribution in [0.2, 0.25) is 0 Å². The molecule has 0 radical (unpaired) electrons. The first kappa shape index (κ1) is 12.6. The zero-order chi connectivity index (χ0) is 13.9. The topological polar surface area (TPSA) is 34.9 Å². The maximum Gasteiger partial charge on any atom is 0.126 e. The van der Waals surface area contributed by atoms with Crippen molar-refractivity contribution in [2.75, 3.05) is 0 Å². The minimum Gasteiger partial charge on any atom is -0.303 e. The summed E-state index contributed by atoms with van der Waals surface area (Å²) in [5, 5.41) is 5.73. The summed E-state index contributed by atoms with van der Waals surface area (Å²) in [6.07, 6.45) is 1.28. The van der Waals surface area contributed by atoms with Crippen LogP contribution < -0.4 is 0 Å². The molecular weight excluding hydrogens is 248 g/mol. The molecule has 0 N–H and O–H groups in total. The van der Waals surface area contributed by atoms with Gasteiger partial charge in [0.25, 0.3) is 0 Å². The molecule has 0 atom stereocenters. The lowest BCUT2D eigenvalue weighted by molar-refractivity contribution is -0.107. The van der Waals surface area contributed by atoms with Crippen molar-refractivity contribution < 1.29 is 4.79 Å². The van der Waals surface area contributed by atoms with Crippen LogP contribution in [-0.2, 0) is 17.8 Å². The van der Waals surface area contributed by atoms with Crippen LogP contribution in [0.3, 0.4) is 0 Å². The highest BCUT2D eigenvalue weighted by atomic mass is 16.1. The van der Waals surface area contributed by atoms with Gasteiger partial charge in [-0.15, -0.1) is 0 Å². The molecule has 3 nitrogen and oxygen atoms in total. The third-order valence-corrected chi connectivity index (χ3v) is 3.51. The van der Waals surface area contributed by atoms with E-state index in [0.29, 0.717) is 6.42 Å². The Balaban J connectivity index is 2.11. The van der Waals surface area contributed by atoms with Gasteiger partial charge >= 0.3 is 0 Å². The summed E-state index contributed by atoms with van der Waals surface area (Å²) in [5.41, 5.74) is 4.32. The fourth-order valence-electron chi connectivity index (χ4n) is 2.59. The van der Waals surface area contributed by atoms with E-state index in [9.17, 15) is 4.79 Å². The second kappa shape index (κ2) is 5.29. The number of aldehydes is 1. The van der Waals surface area contributed by atoms with E-state index < -0.39 is 0 Å². The predicted molar refractivity (Wildman–Crippen MR) is 79.8 cm³/mol. The number of hydrogen-bond donors (Lipinski definition) is 0. The smallest absolute Gasteiger partial charge is 0.126 e. The zero-order valence-electron chi connectivity index (χ0n) is 11.4. The lowest BCUT2D eigenvalue weighted by Crippen LogP contribution is -2.02. The fourth-order valence-corrected chi connectivity index (χ4v) is 2.59. The quantitative estimate of drug-likeness (QED) is 0.678. The van der Waals surface area contributed by atoms with E-state index in [1.54, 1.807) is 0 Å². The first-order valence-corrected chi connectivity index (χ1v) is 6.72. The average Bonchev–Trinajstić information content (AvgIpc) is 2.80. The van der Waals surface area contributed by atoms with Gasteiger partial charge in [0.2, 0.25) is 0 Å². The van der Waals surface area contributed by atoms with Crippen molar-refractivity contribution in [1.29, 1.82) is 0 Å². The molecule has 2 aromatic carbocycles. The van der Waals surface area contributed by atoms with E-state index in [2.05, 4.69) is 36.3 Å². The van der Waals surface area contributed by atoms with Crippen molar-refractivity contribution in [2.24, 2.45) is 0 Å². The largest absolute Gasteiger partial charge is 0.303 e. The molecule has 0 amide bonds. The van der Waals surface area contributed by atoms with Crippen molar-refractivity contribution in [3.8, 4) is 0 Å². The van der Waals surface area contributed by atoms with Crippen LogP contribution in [0.1, 0.15) is 16.8 Å². The standard InChI is InChI=1S/C17H16N2O/c1-13-6-5-9-16-17(13)15(10-11-20)18-19(16)12-14-7-3-2-4-8-14/h2-9,11H,10,12H2,1H3. The molecule has 0 unspecified atom stereocenters. The molecule has 1 heterocycles. The Labute approximate surface area is 117 Å². The molecule has 0 aliphatic rings. The van der Waals surface area contributed by atoms with Crippen LogP contribution in [0, 0.1) is 6.92 Å². The first-order chi connectivity index (χ1) is 9.79. The Morgan fingerprint density at radius 2 is 1.90 bits per heavy atom. The lowest BCUT2D eigenvalue weighted by Gasteiger charge is -2.04. The third-order valence-electron chi connectivity index (χ3n) is 3.51. The number of benzene rings is 2. The number of nitrogens with zero attached hydrogens (tertiary/aromatic N) is 2. The summed E-state index contributed by atoms with van der Waals surface area (Å²) in [4.78, 5) is 10.8. The number of carbonyl (C=O) groups is 1. The summed E-state index contributed by atoms with van der Waals surface area (Å²) < 4.78 is 1.98. The number of hydrogen-bond acceptors (Lipinski definition) is 2. The number of aromatic nitrogens is 2. The van der Waals surface area contributed by atoms with Crippen molar-refractivity contribution in [2.45, 2.75) is 19.9 Å². The van der Waals surface area contributed by atoms with Gasteiger partial charge in [-0.1, -0.05) is 42.5 Å². The van der Waals surface area contributed by atoms with Gasteiger partial charge in [0.05, 0.1) is 17.8 Å². The van der Waals surface area contributed by atoms with E-state index in [1.807, 2.05) is 28.9 Å². The van der Waals surface area contributed by atoms with Crippen LogP contribution in [0.25, 0.3) is 10.9 Å². The van der Waals surface area contributed by atoms with Gasteiger partial charge in [-0.05, 0) is 24.1 Å². The van der Waals surface area contributed by atoms with Gasteiger partial charge in [0.15, 0.2) is 0 Å². The highest BCUT2D eigenvalue weighted by Crippen LogP contribution is 2.23. The van der Waals surface area contributed by atoms with Gasteiger partial charge in [-0.3, -0.25) is 4.68 Å². The van der Waals surface area contributed by atoms with Crippen molar-refractivity contribution in [1.82, 2.24) is 9.78 Å². The molecule has 100 valence electrons. The minimum atomic E-state index is 0.364. The van der Waals surface area contributed by atoms with E-state index in [4.69, 9.17) is 0 Å². The molecule has 0 aliphatic heterocycles. The fraction of sp³-hybridized carbons (Fsp3) is 0.176. The van der Waals surface area contributed by atoms with Crippen LogP contribution >= 0.6 is 0 Å². The molecule has 3 aromatic rings. The molecule has 0 saturated carbocycles. The van der Waals surface area contributed by atoms with Gasteiger partial charge in [-0.2, -0.15) is 5.10 Å². The Morgan fingerprint density at radius 1 is 1.10 bits per heavy atom. The summed E-state index contributed by atoms with van der Waals surface area (Å²) in [7, 11) is 0. The number of fused-ring (bicyclic) bond motifs is 1. The lowest BCUT2D eigenvalue weighted by atomic mass is 10.1. The number of rotatable bonds is 4. The second-order valence-corrected chi connectivity index (χ2v) is 4.93. The summed E-state index contributed by atoms with van der Waals surface area (Å²) in [6.45, 7) is 2.78. The van der Waals surface area contributed by atoms with Gasteiger partial charge < -0.3 is 4.79 Å². The van der Waals surface area contributed by atoms with Crippen LogP contribution in [0.15, 0.2) is 48.5 Å². The molecule has 0 aliphatic carbocycles. The molecule has 0 saturated heterocycles. The highest BCUT2D eigenvalue weighted by molar-refractivity contribution is 5.87. The maximum atomic E-state index is 10.8. The number of carbonyl (C=O) groups excluding carboxylic acids is 1. The van der Waals surface area contributed by atoms with Crippen LogP contribution in [0.4, 0.5) is 0 Å². The maximum absolute atomic E-state index is 10.8. The molecule has 1 aromatic heterocycles. The van der Waals surface area contributed by atoms with Gasteiger partial charge in [-0.25, -0.2) is 0 Å². The van der Waals surface area contributed by atoms with E-state index >= 15 is 0 Å². The molecule has 0 fully saturated rings.